The number of hydrogen-bond acceptors (Lipinski definition) is 4. The third-order valence-corrected chi connectivity index (χ3v) is 4.75. The zero-order valence-electron chi connectivity index (χ0n) is 15.3. The van der Waals surface area contributed by atoms with E-state index in [1.165, 1.54) is 26.1 Å². The average molecular weight is 463 g/mol. The molecule has 0 spiro atoms. The molecule has 1 aromatic rings. The van der Waals surface area contributed by atoms with Gasteiger partial charge in [-0.3, -0.25) is 9.69 Å². The van der Waals surface area contributed by atoms with Gasteiger partial charge in [-0.15, -0.1) is 0 Å². The molecule has 2 rings (SSSR count). The summed E-state index contributed by atoms with van der Waals surface area (Å²) >= 11 is 3.23. The molecular formula is C18H18BrF3N2O4. The minimum Gasteiger partial charge on any atom is -0.463 e. The topological polar surface area (TPSA) is 75.7 Å². The number of nitrogens with one attached hydrogen (secondary N) is 1. The highest BCUT2D eigenvalue weighted by molar-refractivity contribution is 9.10. The molecule has 2 amide bonds. The first-order valence-corrected chi connectivity index (χ1v) is 9.03. The molecule has 1 aliphatic rings. The van der Waals surface area contributed by atoms with E-state index in [4.69, 9.17) is 4.74 Å². The Labute approximate surface area is 167 Å². The molecule has 6 nitrogen and oxygen atoms in total. The second-order valence-electron chi connectivity index (χ2n) is 6.22. The van der Waals surface area contributed by atoms with Gasteiger partial charge in [0.05, 0.1) is 17.9 Å². The van der Waals surface area contributed by atoms with Crippen LogP contribution in [0, 0.1) is 0 Å². The highest BCUT2D eigenvalue weighted by Gasteiger charge is 2.64. The lowest BCUT2D eigenvalue weighted by atomic mass is 9.79. The molecule has 0 fully saturated rings. The number of rotatable bonds is 5. The average Bonchev–Trinajstić information content (AvgIpc) is 2.57. The predicted octanol–water partition coefficient (Wildman–Crippen LogP) is 3.66. The molecule has 28 heavy (non-hydrogen) atoms. The minimum atomic E-state index is -5.13. The summed E-state index contributed by atoms with van der Waals surface area (Å²) in [5.74, 6) is -2.11. The van der Waals surface area contributed by atoms with Crippen molar-refractivity contribution in [3.8, 4) is 0 Å². The van der Waals surface area contributed by atoms with Gasteiger partial charge in [0.25, 0.3) is 0 Å². The molecule has 1 heterocycles. The summed E-state index contributed by atoms with van der Waals surface area (Å²) in [5, 5.41) is 1.82. The molecule has 0 aromatic heterocycles. The highest BCUT2D eigenvalue weighted by Crippen LogP contribution is 2.45. The number of ketones is 1. The van der Waals surface area contributed by atoms with Crippen LogP contribution in [-0.4, -0.2) is 48.1 Å². The number of carbonyl (C=O) groups excluding carboxylic acids is 3. The molecule has 1 atom stereocenters. The Bertz CT molecular complexity index is 836. The van der Waals surface area contributed by atoms with Crippen molar-refractivity contribution >= 4 is 39.4 Å². The first kappa shape index (κ1) is 21.9. The molecule has 0 radical (unpaired) electrons. The fourth-order valence-electron chi connectivity index (χ4n) is 3.04. The van der Waals surface area contributed by atoms with Gasteiger partial charge in [0.15, 0.2) is 5.54 Å². The van der Waals surface area contributed by atoms with E-state index in [9.17, 15) is 27.6 Å². The van der Waals surface area contributed by atoms with Gasteiger partial charge >= 0.3 is 18.2 Å². The van der Waals surface area contributed by atoms with E-state index in [2.05, 4.69) is 15.9 Å². The maximum Gasteiger partial charge on any atom is 0.416 e. The normalized spacial score (nSPS) is 20.1. The molecule has 1 N–H and O–H groups in total. The first-order valence-electron chi connectivity index (χ1n) is 8.24. The van der Waals surface area contributed by atoms with Crippen molar-refractivity contribution in [3.05, 3.63) is 39.9 Å². The van der Waals surface area contributed by atoms with Crippen molar-refractivity contribution < 1.29 is 32.3 Å². The molecule has 152 valence electrons. The second-order valence-corrected chi connectivity index (χ2v) is 7.14. The number of carbonyl (C=O) groups is 3. The number of amides is 2. The van der Waals surface area contributed by atoms with Crippen LogP contribution in [0.5, 0.6) is 0 Å². The molecule has 1 aliphatic heterocycles. The SMILES string of the molecule is CCOC(=O)C1=C(c2ccc(Br)cc2)N(C)C(=O)N[C@]1(CC(C)=O)C(F)(F)F. The predicted molar refractivity (Wildman–Crippen MR) is 98.1 cm³/mol. The van der Waals surface area contributed by atoms with Crippen molar-refractivity contribution in [2.24, 2.45) is 0 Å². The Kier molecular flexibility index (Phi) is 6.22. The number of hydrogen-bond donors (Lipinski definition) is 1. The number of alkyl halides is 3. The van der Waals surface area contributed by atoms with E-state index in [1.807, 2.05) is 5.32 Å². The monoisotopic (exact) mass is 462 g/mol. The third-order valence-electron chi connectivity index (χ3n) is 4.22. The fourth-order valence-corrected chi connectivity index (χ4v) is 3.30. The van der Waals surface area contributed by atoms with Crippen LogP contribution in [0.4, 0.5) is 18.0 Å². The molecule has 0 saturated heterocycles. The summed E-state index contributed by atoms with van der Waals surface area (Å²) in [7, 11) is 1.24. The van der Waals surface area contributed by atoms with Crippen LogP contribution >= 0.6 is 15.9 Å². The highest BCUT2D eigenvalue weighted by atomic mass is 79.9. The van der Waals surface area contributed by atoms with Crippen molar-refractivity contribution in [2.45, 2.75) is 32.0 Å². The lowest BCUT2D eigenvalue weighted by molar-refractivity contribution is -0.190. The zero-order valence-corrected chi connectivity index (χ0v) is 16.9. The van der Waals surface area contributed by atoms with E-state index >= 15 is 0 Å². The van der Waals surface area contributed by atoms with Gasteiger partial charge in [-0.2, -0.15) is 13.2 Å². The molecular weight excluding hydrogens is 445 g/mol. The zero-order chi connectivity index (χ0) is 21.3. The fraction of sp³-hybridized carbons (Fsp3) is 0.389. The third kappa shape index (κ3) is 3.91. The van der Waals surface area contributed by atoms with Gasteiger partial charge < -0.3 is 10.1 Å². The summed E-state index contributed by atoms with van der Waals surface area (Å²) < 4.78 is 48.2. The number of benzene rings is 1. The van der Waals surface area contributed by atoms with Gasteiger partial charge in [0, 0.05) is 17.9 Å². The Hall–Kier alpha value is -2.36. The largest absolute Gasteiger partial charge is 0.463 e. The maximum atomic E-state index is 14.2. The Morgan fingerprint density at radius 1 is 1.25 bits per heavy atom. The molecule has 1 aromatic carbocycles. The quantitative estimate of drug-likeness (QED) is 0.677. The van der Waals surface area contributed by atoms with Crippen LogP contribution < -0.4 is 5.32 Å². The molecule has 0 unspecified atom stereocenters. The Balaban J connectivity index is 2.93. The van der Waals surface area contributed by atoms with Crippen molar-refractivity contribution in [3.63, 3.8) is 0 Å². The number of esters is 1. The van der Waals surface area contributed by atoms with E-state index < -0.39 is 41.5 Å². The first-order chi connectivity index (χ1) is 12.9. The molecule has 10 heteroatoms. The van der Waals surface area contributed by atoms with Crippen molar-refractivity contribution in [1.29, 1.82) is 0 Å². The van der Waals surface area contributed by atoms with Crippen molar-refractivity contribution in [2.75, 3.05) is 13.7 Å². The van der Waals surface area contributed by atoms with E-state index in [1.54, 1.807) is 12.1 Å². The minimum absolute atomic E-state index is 0.179. The summed E-state index contributed by atoms with van der Waals surface area (Å²) in [6.07, 6.45) is -6.26. The summed E-state index contributed by atoms with van der Waals surface area (Å²) in [5.41, 5.74) is -4.10. The number of ether oxygens (including phenoxy) is 1. The molecule has 0 saturated carbocycles. The summed E-state index contributed by atoms with van der Waals surface area (Å²) in [4.78, 5) is 37.7. The van der Waals surface area contributed by atoms with Crippen molar-refractivity contribution in [1.82, 2.24) is 10.2 Å². The van der Waals surface area contributed by atoms with Gasteiger partial charge in [-0.1, -0.05) is 28.1 Å². The van der Waals surface area contributed by atoms with Gasteiger partial charge in [0.1, 0.15) is 5.78 Å². The van der Waals surface area contributed by atoms with E-state index in [0.29, 0.717) is 4.47 Å². The number of Topliss-reactive ketones (excluding diaryl/α,β-unsaturated/α-hetero) is 1. The van der Waals surface area contributed by atoms with Crippen LogP contribution in [0.3, 0.4) is 0 Å². The van der Waals surface area contributed by atoms with E-state index in [-0.39, 0.29) is 17.9 Å². The van der Waals surface area contributed by atoms with Gasteiger partial charge in [-0.25, -0.2) is 9.59 Å². The van der Waals surface area contributed by atoms with Crippen LogP contribution in [0.2, 0.25) is 0 Å². The van der Waals surface area contributed by atoms with Crippen LogP contribution in [0.15, 0.2) is 34.3 Å². The molecule has 0 aliphatic carbocycles. The number of nitrogens with zero attached hydrogens (tertiary/aromatic N) is 1. The Morgan fingerprint density at radius 3 is 2.29 bits per heavy atom. The lowest BCUT2D eigenvalue weighted by Gasteiger charge is -2.43. The van der Waals surface area contributed by atoms with Crippen LogP contribution in [0.25, 0.3) is 5.70 Å². The second kappa shape index (κ2) is 7.94. The van der Waals surface area contributed by atoms with Crippen LogP contribution in [0.1, 0.15) is 25.8 Å². The Morgan fingerprint density at radius 2 is 1.82 bits per heavy atom. The van der Waals surface area contributed by atoms with Gasteiger partial charge in [0.2, 0.25) is 0 Å². The van der Waals surface area contributed by atoms with Gasteiger partial charge in [-0.05, 0) is 31.5 Å². The number of halogens is 4. The summed E-state index contributed by atoms with van der Waals surface area (Å²) in [6, 6.07) is 4.95. The summed E-state index contributed by atoms with van der Waals surface area (Å²) in [6.45, 7) is 2.23. The lowest BCUT2D eigenvalue weighted by Crippen LogP contribution is -2.67. The number of urea groups is 1. The smallest absolute Gasteiger partial charge is 0.416 e. The van der Waals surface area contributed by atoms with E-state index in [0.717, 1.165) is 11.8 Å². The molecule has 0 bridgehead atoms. The maximum absolute atomic E-state index is 14.2. The van der Waals surface area contributed by atoms with Crippen LogP contribution in [-0.2, 0) is 14.3 Å². The standard InChI is InChI=1S/C18H18BrF3N2O4/c1-4-28-15(26)13-14(11-5-7-12(19)8-6-11)24(3)16(27)23-17(13,9-10(2)25)18(20,21)22/h5-8H,4,9H2,1-3H3,(H,23,27)/t17-/m0/s1.